The Bertz CT molecular complexity index is 1430. The molecule has 198 valence electrons. The Hall–Kier alpha value is -4.61. The molecule has 0 bridgehead atoms. The second kappa shape index (κ2) is 10.8. The fraction of sp³-hybridized carbons (Fsp3) is 0.346. The summed E-state index contributed by atoms with van der Waals surface area (Å²) in [5.41, 5.74) is 2.59. The summed E-state index contributed by atoms with van der Waals surface area (Å²) in [4.78, 5) is 32.5. The van der Waals surface area contributed by atoms with Crippen molar-refractivity contribution in [3.63, 3.8) is 0 Å². The molecule has 1 aliphatic rings. The number of likely N-dealkylation sites (tertiary alicyclic amines) is 1. The topological polar surface area (TPSA) is 126 Å². The number of carbonyl (C=O) groups is 1. The lowest BCUT2D eigenvalue weighted by Crippen LogP contribution is -2.28. The van der Waals surface area contributed by atoms with Gasteiger partial charge in [-0.15, -0.1) is 0 Å². The molecule has 0 aliphatic carbocycles. The van der Waals surface area contributed by atoms with Crippen LogP contribution in [0.3, 0.4) is 0 Å². The first-order valence-electron chi connectivity index (χ1n) is 12.1. The van der Waals surface area contributed by atoms with E-state index in [9.17, 15) is 4.79 Å². The van der Waals surface area contributed by atoms with Gasteiger partial charge in [0.1, 0.15) is 0 Å². The average Bonchev–Trinajstić information content (AvgIpc) is 3.56. The molecule has 1 amide bonds. The number of hydrogen-bond acceptors (Lipinski definition) is 10. The monoisotopic (exact) mass is 519 g/mol. The van der Waals surface area contributed by atoms with Gasteiger partial charge in [-0.25, -0.2) is 19.9 Å². The molecule has 0 saturated carbocycles. The van der Waals surface area contributed by atoms with Crippen molar-refractivity contribution in [2.45, 2.75) is 19.4 Å². The van der Waals surface area contributed by atoms with Crippen LogP contribution in [0, 0.1) is 0 Å². The summed E-state index contributed by atoms with van der Waals surface area (Å²) in [6.07, 6.45) is 4.87. The SMILES string of the molecule is COc1ccc(-c2nc(Nc3cc(OC)c(OC)c(OC)c3)c3ncn(CCN4CCCC4=O)c3n2)cn1. The van der Waals surface area contributed by atoms with E-state index in [2.05, 4.69) is 15.3 Å². The fourth-order valence-electron chi connectivity index (χ4n) is 4.42. The highest BCUT2D eigenvalue weighted by Crippen LogP contribution is 2.41. The highest BCUT2D eigenvalue weighted by atomic mass is 16.5. The van der Waals surface area contributed by atoms with E-state index in [-0.39, 0.29) is 5.91 Å². The lowest BCUT2D eigenvalue weighted by molar-refractivity contribution is -0.127. The summed E-state index contributed by atoms with van der Waals surface area (Å²) in [7, 11) is 6.24. The van der Waals surface area contributed by atoms with Gasteiger partial charge in [0, 0.05) is 61.7 Å². The first kappa shape index (κ1) is 25.1. The minimum Gasteiger partial charge on any atom is -0.493 e. The second-order valence-electron chi connectivity index (χ2n) is 8.62. The number of hydrogen-bond donors (Lipinski definition) is 1. The van der Waals surface area contributed by atoms with Crippen molar-refractivity contribution >= 4 is 28.6 Å². The smallest absolute Gasteiger partial charge is 0.222 e. The standard InChI is InChI=1S/C26H29N7O5/c1-35-18-12-17(13-19(36-2)23(18)38-4)29-25-22-26(31-24(30-25)16-7-8-20(37-3)27-14-16)33(15-28-22)11-10-32-9-5-6-21(32)34/h7-8,12-15H,5-6,9-11H2,1-4H3,(H,29,30,31). The largest absolute Gasteiger partial charge is 0.493 e. The maximum absolute atomic E-state index is 12.1. The van der Waals surface area contributed by atoms with E-state index in [1.165, 1.54) is 0 Å². The molecule has 12 nitrogen and oxygen atoms in total. The summed E-state index contributed by atoms with van der Waals surface area (Å²) >= 11 is 0. The highest BCUT2D eigenvalue weighted by Gasteiger charge is 2.21. The summed E-state index contributed by atoms with van der Waals surface area (Å²) < 4.78 is 23.6. The zero-order valence-corrected chi connectivity index (χ0v) is 21.7. The van der Waals surface area contributed by atoms with Gasteiger partial charge in [-0.1, -0.05) is 0 Å². The maximum Gasteiger partial charge on any atom is 0.222 e. The van der Waals surface area contributed by atoms with Crippen molar-refractivity contribution in [2.24, 2.45) is 0 Å². The zero-order chi connectivity index (χ0) is 26.6. The number of ether oxygens (including phenoxy) is 4. The minimum absolute atomic E-state index is 0.179. The van der Waals surface area contributed by atoms with Crippen molar-refractivity contribution in [3.8, 4) is 34.5 Å². The third-order valence-corrected chi connectivity index (χ3v) is 6.38. The molecule has 38 heavy (non-hydrogen) atoms. The molecule has 1 N–H and O–H groups in total. The Morgan fingerprint density at radius 3 is 2.34 bits per heavy atom. The van der Waals surface area contributed by atoms with E-state index in [0.717, 1.165) is 13.0 Å². The van der Waals surface area contributed by atoms with Crippen LogP contribution in [0.4, 0.5) is 11.5 Å². The summed E-state index contributed by atoms with van der Waals surface area (Å²) in [6, 6.07) is 7.19. The molecule has 1 fully saturated rings. The third kappa shape index (κ3) is 4.84. The Morgan fingerprint density at radius 1 is 0.947 bits per heavy atom. The predicted molar refractivity (Wildman–Crippen MR) is 140 cm³/mol. The van der Waals surface area contributed by atoms with Gasteiger partial charge >= 0.3 is 0 Å². The van der Waals surface area contributed by atoms with Gasteiger partial charge < -0.3 is 33.7 Å². The molecule has 0 atom stereocenters. The number of methoxy groups -OCH3 is 4. The quantitative estimate of drug-likeness (QED) is 0.334. The van der Waals surface area contributed by atoms with Crippen LogP contribution in [-0.2, 0) is 11.3 Å². The molecule has 1 aliphatic heterocycles. The molecule has 1 aromatic carbocycles. The number of aromatic nitrogens is 5. The molecule has 4 aromatic rings. The van der Waals surface area contributed by atoms with Crippen molar-refractivity contribution < 1.29 is 23.7 Å². The van der Waals surface area contributed by atoms with Crippen molar-refractivity contribution in [1.82, 2.24) is 29.4 Å². The summed E-state index contributed by atoms with van der Waals surface area (Å²) in [6.45, 7) is 1.92. The number of fused-ring (bicyclic) bond motifs is 1. The number of pyridine rings is 1. The number of rotatable bonds is 10. The highest BCUT2D eigenvalue weighted by molar-refractivity contribution is 5.88. The molecule has 0 unspecified atom stereocenters. The third-order valence-electron chi connectivity index (χ3n) is 6.38. The predicted octanol–water partition coefficient (Wildman–Crippen LogP) is 3.29. The summed E-state index contributed by atoms with van der Waals surface area (Å²) in [5.74, 6) is 3.11. The van der Waals surface area contributed by atoms with Crippen LogP contribution < -0.4 is 24.3 Å². The number of amides is 1. The van der Waals surface area contributed by atoms with Crippen LogP contribution in [0.25, 0.3) is 22.6 Å². The molecular formula is C26H29N7O5. The molecular weight excluding hydrogens is 490 g/mol. The van der Waals surface area contributed by atoms with E-state index in [4.69, 9.17) is 28.9 Å². The number of benzene rings is 1. The number of carbonyl (C=O) groups excluding carboxylic acids is 1. The Morgan fingerprint density at radius 2 is 1.74 bits per heavy atom. The lowest BCUT2D eigenvalue weighted by atomic mass is 10.2. The number of nitrogens with zero attached hydrogens (tertiary/aromatic N) is 6. The Kier molecular flexibility index (Phi) is 7.11. The van der Waals surface area contributed by atoms with Crippen LogP contribution in [0.15, 0.2) is 36.8 Å². The average molecular weight is 520 g/mol. The molecule has 3 aromatic heterocycles. The van der Waals surface area contributed by atoms with Crippen LogP contribution in [0.1, 0.15) is 12.8 Å². The molecule has 1 saturated heterocycles. The lowest BCUT2D eigenvalue weighted by Gasteiger charge is -2.16. The summed E-state index contributed by atoms with van der Waals surface area (Å²) in [5, 5.41) is 3.35. The zero-order valence-electron chi connectivity index (χ0n) is 21.7. The first-order valence-corrected chi connectivity index (χ1v) is 12.1. The minimum atomic E-state index is 0.179. The van der Waals surface area contributed by atoms with Gasteiger partial charge in [0.2, 0.25) is 17.5 Å². The van der Waals surface area contributed by atoms with Crippen LogP contribution in [0.5, 0.6) is 23.1 Å². The van der Waals surface area contributed by atoms with E-state index in [0.29, 0.717) is 76.7 Å². The van der Waals surface area contributed by atoms with E-state index in [1.807, 2.05) is 15.5 Å². The Balaban J connectivity index is 1.57. The van der Waals surface area contributed by atoms with E-state index < -0.39 is 0 Å². The molecule has 0 spiro atoms. The molecule has 0 radical (unpaired) electrons. The van der Waals surface area contributed by atoms with Gasteiger partial charge in [0.05, 0.1) is 34.8 Å². The van der Waals surface area contributed by atoms with Crippen molar-refractivity contribution in [2.75, 3.05) is 46.8 Å². The maximum atomic E-state index is 12.1. The molecule has 5 rings (SSSR count). The van der Waals surface area contributed by atoms with Gasteiger partial charge in [-0.3, -0.25) is 4.79 Å². The van der Waals surface area contributed by atoms with Crippen LogP contribution in [-0.4, -0.2) is 76.8 Å². The second-order valence-corrected chi connectivity index (χ2v) is 8.62. The Labute approximate surface area is 219 Å². The van der Waals surface area contributed by atoms with E-state index in [1.54, 1.807) is 59.2 Å². The fourth-order valence-corrected chi connectivity index (χ4v) is 4.42. The number of nitrogens with one attached hydrogen (secondary N) is 1. The van der Waals surface area contributed by atoms with Gasteiger partial charge in [-0.2, -0.15) is 0 Å². The van der Waals surface area contributed by atoms with Crippen LogP contribution in [0.2, 0.25) is 0 Å². The molecule has 4 heterocycles. The van der Waals surface area contributed by atoms with Crippen LogP contribution >= 0.6 is 0 Å². The van der Waals surface area contributed by atoms with Gasteiger partial charge in [0.25, 0.3) is 0 Å². The van der Waals surface area contributed by atoms with Crippen molar-refractivity contribution in [1.29, 1.82) is 0 Å². The molecule has 12 heteroatoms. The van der Waals surface area contributed by atoms with Gasteiger partial charge in [-0.05, 0) is 12.5 Å². The first-order chi connectivity index (χ1) is 18.5. The van der Waals surface area contributed by atoms with Crippen molar-refractivity contribution in [3.05, 3.63) is 36.8 Å². The number of anilines is 2. The van der Waals surface area contributed by atoms with Gasteiger partial charge in [0.15, 0.2) is 34.3 Å². The normalized spacial score (nSPS) is 13.2. The number of imidazole rings is 1. The van der Waals surface area contributed by atoms with E-state index >= 15 is 0 Å².